The predicted octanol–water partition coefficient (Wildman–Crippen LogP) is 0.599. The molecule has 0 aromatic carbocycles. The van der Waals surface area contributed by atoms with Gasteiger partial charge in [-0.25, -0.2) is 8.42 Å². The summed E-state index contributed by atoms with van der Waals surface area (Å²) in [6, 6.07) is 0. The Kier molecular flexibility index (Phi) is 21.0. The van der Waals surface area contributed by atoms with Crippen molar-refractivity contribution < 1.29 is 69.5 Å². The van der Waals surface area contributed by atoms with Gasteiger partial charge in [-0.15, -0.1) is 0 Å². The maximum atomic E-state index is 10.4. The molecule has 0 aliphatic heterocycles. The minimum absolute atomic E-state index is 0. The third kappa shape index (κ3) is 23.9. The molecule has 6 heteroatoms. The van der Waals surface area contributed by atoms with Crippen LogP contribution in [0.4, 0.5) is 0 Å². The first-order valence-electron chi connectivity index (χ1n) is 8.10. The number of hydrogen-bond donors (Lipinski definition) is 1. The van der Waals surface area contributed by atoms with Gasteiger partial charge in [0.1, 0.15) is 0 Å². The van der Waals surface area contributed by atoms with Crippen molar-refractivity contribution in [2.45, 2.75) is 83.5 Å². The molecule has 0 amide bonds. The van der Waals surface area contributed by atoms with Crippen LogP contribution in [0.3, 0.4) is 0 Å². The molecule has 0 saturated heterocycles. The molecular weight excluding hydrogens is 315 g/mol. The molecule has 4 nitrogen and oxygen atoms in total. The molecule has 0 fully saturated rings. The van der Waals surface area contributed by atoms with Crippen LogP contribution in [-0.2, 0) is 10.1 Å². The first-order chi connectivity index (χ1) is 9.56. The number of hydrogen-bond acceptors (Lipinski definition) is 4. The summed E-state index contributed by atoms with van der Waals surface area (Å²) in [4.78, 5) is 0. The van der Waals surface area contributed by atoms with Crippen LogP contribution in [-0.4, -0.2) is 30.4 Å². The molecule has 0 radical (unpaired) electrons. The Labute approximate surface area is 173 Å². The molecule has 0 aliphatic rings. The number of unbranched alkanes of at least 4 members (excludes halogenated alkanes) is 12. The normalized spacial score (nSPS) is 11.3. The first-order valence-corrected chi connectivity index (χ1v) is 9.68. The number of rotatable bonds is 15. The third-order valence-corrected chi connectivity index (χ3v) is 4.34. The number of aliphatic hydroxyl groups excluding tert-OH is 1. The van der Waals surface area contributed by atoms with Crippen LogP contribution in [0.2, 0.25) is 0 Å². The zero-order valence-electron chi connectivity index (χ0n) is 13.7. The zero-order valence-corrected chi connectivity index (χ0v) is 17.6. The molecule has 0 aromatic rings. The van der Waals surface area contributed by atoms with Gasteiger partial charge in [0.05, 0.1) is 10.1 Å². The molecule has 0 aliphatic carbocycles. The monoisotopic (exact) mass is 346 g/mol. The molecule has 0 spiro atoms. The van der Waals surface area contributed by atoms with E-state index < -0.39 is 10.1 Å². The fourth-order valence-electron chi connectivity index (χ4n) is 2.34. The van der Waals surface area contributed by atoms with Crippen molar-refractivity contribution in [3.8, 4) is 0 Å². The topological polar surface area (TPSA) is 77.4 Å². The Hall–Kier alpha value is 1.51. The summed E-state index contributed by atoms with van der Waals surface area (Å²) in [6.07, 6.45) is 14.5. The van der Waals surface area contributed by atoms with Crippen molar-refractivity contribution in [2.24, 2.45) is 0 Å². The molecule has 0 bridgehead atoms. The van der Waals surface area contributed by atoms with E-state index in [1.165, 1.54) is 44.9 Å². The van der Waals surface area contributed by atoms with Crippen LogP contribution in [0, 0.1) is 0 Å². The van der Waals surface area contributed by atoms with Gasteiger partial charge in [-0.2, -0.15) is 0 Å². The van der Waals surface area contributed by atoms with Gasteiger partial charge in [0, 0.05) is 12.4 Å². The largest absolute Gasteiger partial charge is 1.00 e. The summed E-state index contributed by atoms with van der Waals surface area (Å²) >= 11 is 0. The van der Waals surface area contributed by atoms with Gasteiger partial charge in [-0.05, 0) is 12.8 Å². The maximum absolute atomic E-state index is 10.4. The van der Waals surface area contributed by atoms with Crippen LogP contribution in [0.5, 0.6) is 0 Å². The van der Waals surface area contributed by atoms with Crippen molar-refractivity contribution in [3.63, 3.8) is 0 Å². The Balaban J connectivity index is 0. The molecule has 0 unspecified atom stereocenters. The van der Waals surface area contributed by atoms with E-state index >= 15 is 0 Å². The van der Waals surface area contributed by atoms with E-state index in [1.807, 2.05) is 0 Å². The predicted molar refractivity (Wildman–Crippen MR) is 81.7 cm³/mol. The van der Waals surface area contributed by atoms with Crippen molar-refractivity contribution >= 4 is 10.1 Å². The average Bonchev–Trinajstić information content (AvgIpc) is 2.38. The fourth-order valence-corrected chi connectivity index (χ4v) is 2.89. The summed E-state index contributed by atoms with van der Waals surface area (Å²) in [5.74, 6) is -0.205. The van der Waals surface area contributed by atoms with Crippen LogP contribution in [0.25, 0.3) is 0 Å². The standard InChI is InChI=1S/C15H32O4S.K/c16-14-12-10-8-6-4-2-1-3-5-7-9-11-13-15-20(17,18)19;/h16H,1-15H2,(H,17,18,19);/q;+1/p-1. The minimum atomic E-state index is -4.00. The second-order valence-corrected chi connectivity index (χ2v) is 7.11. The summed E-state index contributed by atoms with van der Waals surface area (Å²) in [7, 11) is -4.00. The molecule has 1 N–H and O–H groups in total. The van der Waals surface area contributed by atoms with Crippen molar-refractivity contribution in [1.29, 1.82) is 0 Å². The second kappa shape index (κ2) is 17.9. The fraction of sp³-hybridized carbons (Fsp3) is 1.00. The van der Waals surface area contributed by atoms with Gasteiger partial charge >= 0.3 is 51.4 Å². The van der Waals surface area contributed by atoms with Crippen molar-refractivity contribution in [2.75, 3.05) is 12.4 Å². The van der Waals surface area contributed by atoms with Crippen molar-refractivity contribution in [3.05, 3.63) is 0 Å². The molecule has 0 atom stereocenters. The quantitative estimate of drug-likeness (QED) is 0.268. The van der Waals surface area contributed by atoms with Gasteiger partial charge < -0.3 is 9.66 Å². The molecule has 21 heavy (non-hydrogen) atoms. The number of aliphatic hydroxyl groups is 1. The maximum Gasteiger partial charge on any atom is 1.00 e. The van der Waals surface area contributed by atoms with Gasteiger partial charge in [0.2, 0.25) is 0 Å². The van der Waals surface area contributed by atoms with Gasteiger partial charge in [0.15, 0.2) is 0 Å². The summed E-state index contributed by atoms with van der Waals surface area (Å²) < 4.78 is 31.1. The Bertz CT molecular complexity index is 294. The van der Waals surface area contributed by atoms with Gasteiger partial charge in [-0.1, -0.05) is 70.6 Å². The van der Waals surface area contributed by atoms with E-state index in [1.54, 1.807) is 0 Å². The molecule has 0 heterocycles. The van der Waals surface area contributed by atoms with E-state index in [4.69, 9.17) is 5.11 Å². The first kappa shape index (κ1) is 24.8. The van der Waals surface area contributed by atoms with E-state index in [0.29, 0.717) is 13.0 Å². The summed E-state index contributed by atoms with van der Waals surface area (Å²) in [6.45, 7) is 0.320. The Morgan fingerprint density at radius 2 is 0.905 bits per heavy atom. The Morgan fingerprint density at radius 1 is 0.619 bits per heavy atom. The van der Waals surface area contributed by atoms with E-state index in [2.05, 4.69) is 0 Å². The second-order valence-electron chi connectivity index (χ2n) is 5.58. The summed E-state index contributed by atoms with van der Waals surface area (Å²) in [5.41, 5.74) is 0. The average molecular weight is 347 g/mol. The van der Waals surface area contributed by atoms with Gasteiger partial charge in [0.25, 0.3) is 0 Å². The van der Waals surface area contributed by atoms with E-state index in [9.17, 15) is 13.0 Å². The van der Waals surface area contributed by atoms with Gasteiger partial charge in [-0.3, -0.25) is 0 Å². The third-order valence-electron chi connectivity index (χ3n) is 3.55. The molecule has 0 rings (SSSR count). The molecule has 122 valence electrons. The van der Waals surface area contributed by atoms with E-state index in [0.717, 1.165) is 32.1 Å². The van der Waals surface area contributed by atoms with Crippen LogP contribution >= 0.6 is 0 Å². The molecule has 0 aromatic heterocycles. The zero-order chi connectivity index (χ0) is 15.1. The van der Waals surface area contributed by atoms with Crippen LogP contribution in [0.15, 0.2) is 0 Å². The smallest absolute Gasteiger partial charge is 0.748 e. The van der Waals surface area contributed by atoms with Crippen LogP contribution in [0.1, 0.15) is 83.5 Å². The minimum Gasteiger partial charge on any atom is -0.748 e. The van der Waals surface area contributed by atoms with Crippen molar-refractivity contribution in [1.82, 2.24) is 0 Å². The SMILES string of the molecule is O=S(=O)([O-])CCCCCCCCCCCCCCCO.[K+]. The Morgan fingerprint density at radius 3 is 1.19 bits per heavy atom. The molecular formula is C15H31KO4S. The van der Waals surface area contributed by atoms with Crippen LogP contribution < -0.4 is 51.4 Å². The van der Waals surface area contributed by atoms with E-state index in [-0.39, 0.29) is 57.1 Å². The molecule has 0 saturated carbocycles. The summed E-state index contributed by atoms with van der Waals surface area (Å²) in [5, 5.41) is 8.64.